The third-order valence-electron chi connectivity index (χ3n) is 3.01. The Kier molecular flexibility index (Phi) is 5.34. The lowest BCUT2D eigenvalue weighted by Gasteiger charge is -2.21. The highest BCUT2D eigenvalue weighted by Crippen LogP contribution is 2.28. The lowest BCUT2D eigenvalue weighted by molar-refractivity contribution is 0.391. The molecule has 108 valence electrons. The van der Waals surface area contributed by atoms with Crippen molar-refractivity contribution in [2.45, 2.75) is 25.2 Å². The molecule has 7 heteroatoms. The normalized spacial score (nSPS) is 13.8. The van der Waals surface area contributed by atoms with E-state index in [0.717, 1.165) is 22.9 Å². The average molecular weight is 353 g/mol. The lowest BCUT2D eigenvalue weighted by atomic mass is 10.1. The molecule has 1 aromatic carbocycles. The van der Waals surface area contributed by atoms with Gasteiger partial charge in [0.2, 0.25) is 10.0 Å². The summed E-state index contributed by atoms with van der Waals surface area (Å²) < 4.78 is 39.9. The van der Waals surface area contributed by atoms with Gasteiger partial charge in [-0.25, -0.2) is 17.1 Å². The monoisotopic (exact) mass is 352 g/mol. The van der Waals surface area contributed by atoms with Gasteiger partial charge in [0.15, 0.2) is 0 Å². The minimum absolute atomic E-state index is 0.192. The third-order valence-corrected chi connectivity index (χ3v) is 5.53. The molecule has 1 rings (SSSR count). The van der Waals surface area contributed by atoms with E-state index < -0.39 is 15.8 Å². The molecule has 0 aliphatic rings. The fourth-order valence-electron chi connectivity index (χ4n) is 1.58. The highest BCUT2D eigenvalue weighted by molar-refractivity contribution is 9.10. The van der Waals surface area contributed by atoms with Gasteiger partial charge < -0.3 is 5.73 Å². The number of halogens is 2. The Bertz CT molecular complexity index is 563. The Hall–Kier alpha value is -0.660. The molecule has 0 saturated carbocycles. The molecule has 1 aromatic rings. The van der Waals surface area contributed by atoms with Crippen LogP contribution in [0.25, 0.3) is 0 Å². The molecule has 1 atom stereocenters. The number of sulfonamides is 1. The quantitative estimate of drug-likeness (QED) is 0.828. The molecule has 0 aliphatic carbocycles. The molecule has 0 bridgehead atoms. The summed E-state index contributed by atoms with van der Waals surface area (Å²) in [4.78, 5) is -0.390. The van der Waals surface area contributed by atoms with Gasteiger partial charge in [-0.1, -0.05) is 20.3 Å². The van der Waals surface area contributed by atoms with Crippen LogP contribution in [0.3, 0.4) is 0 Å². The van der Waals surface area contributed by atoms with E-state index in [4.69, 9.17) is 5.73 Å². The van der Waals surface area contributed by atoms with Gasteiger partial charge >= 0.3 is 0 Å². The van der Waals surface area contributed by atoms with E-state index in [9.17, 15) is 12.8 Å². The first-order valence-electron chi connectivity index (χ1n) is 5.91. The van der Waals surface area contributed by atoms with Crippen LogP contribution < -0.4 is 5.73 Å². The maximum absolute atomic E-state index is 13.8. The van der Waals surface area contributed by atoms with Crippen LogP contribution in [0, 0.1) is 11.7 Å². The van der Waals surface area contributed by atoms with Gasteiger partial charge in [0.1, 0.15) is 10.7 Å². The summed E-state index contributed by atoms with van der Waals surface area (Å²) in [5.74, 6) is -0.604. The van der Waals surface area contributed by atoms with E-state index >= 15 is 0 Å². The topological polar surface area (TPSA) is 63.4 Å². The minimum Gasteiger partial charge on any atom is -0.398 e. The zero-order valence-electron chi connectivity index (χ0n) is 11.2. The zero-order valence-corrected chi connectivity index (χ0v) is 13.6. The number of hydrogen-bond donors (Lipinski definition) is 1. The molecular formula is C12H18BrFN2O2S. The van der Waals surface area contributed by atoms with E-state index in [1.165, 1.54) is 7.05 Å². The fourth-order valence-corrected chi connectivity index (χ4v) is 3.26. The van der Waals surface area contributed by atoms with Crippen molar-refractivity contribution in [3.8, 4) is 0 Å². The van der Waals surface area contributed by atoms with Crippen LogP contribution in [0.15, 0.2) is 21.5 Å². The first-order valence-corrected chi connectivity index (χ1v) is 8.14. The smallest absolute Gasteiger partial charge is 0.245 e. The molecule has 0 heterocycles. The molecule has 2 N–H and O–H groups in total. The van der Waals surface area contributed by atoms with Gasteiger partial charge in [-0.15, -0.1) is 0 Å². The van der Waals surface area contributed by atoms with Gasteiger partial charge in [-0.05, 0) is 34.0 Å². The van der Waals surface area contributed by atoms with Crippen molar-refractivity contribution in [1.29, 1.82) is 0 Å². The summed E-state index contributed by atoms with van der Waals surface area (Å²) >= 11 is 3.06. The van der Waals surface area contributed by atoms with Gasteiger partial charge in [-0.2, -0.15) is 0 Å². The Balaban J connectivity index is 3.17. The standard InChI is InChI=1S/C12H18BrFN2O2S/c1-4-8(2)7-16(3)19(17,18)12-6-11(15)9(13)5-10(12)14/h5-6,8H,4,7,15H2,1-3H3. The van der Waals surface area contributed by atoms with Gasteiger partial charge in [0.05, 0.1) is 0 Å². The maximum Gasteiger partial charge on any atom is 0.245 e. The molecule has 0 aliphatic heterocycles. The summed E-state index contributed by atoms with van der Waals surface area (Å²) in [7, 11) is -2.41. The molecule has 1 unspecified atom stereocenters. The summed E-state index contributed by atoms with van der Waals surface area (Å²) in [6.45, 7) is 4.26. The van der Waals surface area contributed by atoms with Crippen molar-refractivity contribution in [2.24, 2.45) is 5.92 Å². The first-order chi connectivity index (χ1) is 8.70. The largest absolute Gasteiger partial charge is 0.398 e. The van der Waals surface area contributed by atoms with Crippen LogP contribution >= 0.6 is 15.9 Å². The van der Waals surface area contributed by atoms with Gasteiger partial charge in [-0.3, -0.25) is 0 Å². The van der Waals surface area contributed by atoms with E-state index in [1.54, 1.807) is 0 Å². The zero-order chi connectivity index (χ0) is 14.8. The Labute approximate surface area is 122 Å². The van der Waals surface area contributed by atoms with Crippen LogP contribution in [0.4, 0.5) is 10.1 Å². The second kappa shape index (κ2) is 6.19. The Morgan fingerprint density at radius 2 is 2.05 bits per heavy atom. The Morgan fingerprint density at radius 3 is 2.58 bits per heavy atom. The van der Waals surface area contributed by atoms with Crippen molar-refractivity contribution >= 4 is 31.6 Å². The molecule has 0 spiro atoms. The van der Waals surface area contributed by atoms with Crippen LogP contribution in [0.5, 0.6) is 0 Å². The SMILES string of the molecule is CCC(C)CN(C)S(=O)(=O)c1cc(N)c(Br)cc1F. The molecule has 4 nitrogen and oxygen atoms in total. The number of rotatable bonds is 5. The Morgan fingerprint density at radius 1 is 1.47 bits per heavy atom. The number of benzene rings is 1. The average Bonchev–Trinajstić information content (AvgIpc) is 2.33. The lowest BCUT2D eigenvalue weighted by Crippen LogP contribution is -2.31. The van der Waals surface area contributed by atoms with E-state index in [0.29, 0.717) is 11.0 Å². The van der Waals surface area contributed by atoms with Crippen LogP contribution in [0.1, 0.15) is 20.3 Å². The molecule has 0 radical (unpaired) electrons. The van der Waals surface area contributed by atoms with Crippen LogP contribution in [-0.2, 0) is 10.0 Å². The predicted octanol–water partition coefficient (Wildman–Crippen LogP) is 2.84. The van der Waals surface area contributed by atoms with Crippen LogP contribution in [0.2, 0.25) is 0 Å². The molecule has 0 fully saturated rings. The van der Waals surface area contributed by atoms with Crippen molar-refractivity contribution in [3.05, 3.63) is 22.4 Å². The van der Waals surface area contributed by atoms with Crippen molar-refractivity contribution in [2.75, 3.05) is 19.3 Å². The van der Waals surface area contributed by atoms with Crippen molar-refractivity contribution in [1.82, 2.24) is 4.31 Å². The second-order valence-corrected chi connectivity index (χ2v) is 7.47. The summed E-state index contributed by atoms with van der Waals surface area (Å²) in [6.07, 6.45) is 0.852. The molecular weight excluding hydrogens is 335 g/mol. The van der Waals surface area contributed by atoms with Crippen molar-refractivity contribution in [3.63, 3.8) is 0 Å². The highest BCUT2D eigenvalue weighted by atomic mass is 79.9. The summed E-state index contributed by atoms with van der Waals surface area (Å²) in [6, 6.07) is 2.21. The van der Waals surface area contributed by atoms with E-state index in [2.05, 4.69) is 15.9 Å². The predicted molar refractivity (Wildman–Crippen MR) is 77.8 cm³/mol. The molecule has 0 aromatic heterocycles. The van der Waals surface area contributed by atoms with E-state index in [-0.39, 0.29) is 16.5 Å². The molecule has 0 amide bonds. The van der Waals surface area contributed by atoms with Crippen molar-refractivity contribution < 1.29 is 12.8 Å². The number of hydrogen-bond acceptors (Lipinski definition) is 3. The van der Waals surface area contributed by atoms with E-state index in [1.807, 2.05) is 13.8 Å². The minimum atomic E-state index is -3.86. The molecule has 19 heavy (non-hydrogen) atoms. The highest BCUT2D eigenvalue weighted by Gasteiger charge is 2.26. The van der Waals surface area contributed by atoms with Gasteiger partial charge in [0, 0.05) is 23.8 Å². The number of nitrogen functional groups attached to an aromatic ring is 1. The second-order valence-electron chi connectivity index (χ2n) is 4.60. The van der Waals surface area contributed by atoms with Gasteiger partial charge in [0.25, 0.3) is 0 Å². The van der Waals surface area contributed by atoms with Crippen LogP contribution in [-0.4, -0.2) is 26.3 Å². The summed E-state index contributed by atoms with van der Waals surface area (Å²) in [5.41, 5.74) is 5.81. The maximum atomic E-state index is 13.8. The number of nitrogens with zero attached hydrogens (tertiary/aromatic N) is 1. The number of nitrogens with two attached hydrogens (primary N) is 1. The summed E-state index contributed by atoms with van der Waals surface area (Å²) in [5, 5.41) is 0. The number of anilines is 1. The fraction of sp³-hybridized carbons (Fsp3) is 0.500. The first kappa shape index (κ1) is 16.4. The molecule has 0 saturated heterocycles. The third kappa shape index (κ3) is 3.67.